The molecule has 106 valence electrons. The predicted octanol–water partition coefficient (Wildman–Crippen LogP) is 3.42. The van der Waals surface area contributed by atoms with Crippen LogP contribution in [-0.4, -0.2) is 25.7 Å². The smallest absolute Gasteiger partial charge is 0.265 e. The first-order valence-corrected chi connectivity index (χ1v) is 7.33. The third-order valence-corrected chi connectivity index (χ3v) is 3.44. The summed E-state index contributed by atoms with van der Waals surface area (Å²) >= 11 is 1.41. The van der Waals surface area contributed by atoms with Crippen LogP contribution < -0.4 is 10.1 Å². The van der Waals surface area contributed by atoms with Gasteiger partial charge in [0, 0.05) is 6.61 Å². The summed E-state index contributed by atoms with van der Waals surface area (Å²) in [6, 6.07) is 11.0. The standard InChI is InChI=1S/C15H17NO3S/c1-2-18-9-10-19-13-7-4-3-6-12(13)16-15(17)14-8-5-11-20-14/h3-8,11H,2,9-10H2,1H3,(H,16,17). The minimum Gasteiger partial charge on any atom is -0.489 e. The Morgan fingerprint density at radius 1 is 1.20 bits per heavy atom. The summed E-state index contributed by atoms with van der Waals surface area (Å²) in [6.07, 6.45) is 0. The third-order valence-electron chi connectivity index (χ3n) is 2.57. The second-order valence-electron chi connectivity index (χ2n) is 3.97. The SMILES string of the molecule is CCOCCOc1ccccc1NC(=O)c1cccs1. The Labute approximate surface area is 122 Å². The third kappa shape index (κ3) is 4.08. The number of ether oxygens (including phenoxy) is 2. The highest BCUT2D eigenvalue weighted by molar-refractivity contribution is 7.12. The number of para-hydroxylation sites is 2. The van der Waals surface area contributed by atoms with Crippen LogP contribution in [0.2, 0.25) is 0 Å². The number of carbonyl (C=O) groups excluding carboxylic acids is 1. The first-order chi connectivity index (χ1) is 9.81. The second kappa shape index (κ2) is 7.67. The fraction of sp³-hybridized carbons (Fsp3) is 0.267. The Kier molecular flexibility index (Phi) is 5.58. The van der Waals surface area contributed by atoms with Crippen LogP contribution in [0.3, 0.4) is 0 Å². The zero-order chi connectivity index (χ0) is 14.2. The highest BCUT2D eigenvalue weighted by atomic mass is 32.1. The molecule has 2 aromatic rings. The average Bonchev–Trinajstić information content (AvgIpc) is 2.99. The molecule has 2 rings (SSSR count). The molecule has 1 aromatic heterocycles. The van der Waals surface area contributed by atoms with Gasteiger partial charge in [0.2, 0.25) is 0 Å². The van der Waals surface area contributed by atoms with Gasteiger partial charge in [0.15, 0.2) is 0 Å². The van der Waals surface area contributed by atoms with E-state index in [0.29, 0.717) is 36.1 Å². The molecule has 20 heavy (non-hydrogen) atoms. The van der Waals surface area contributed by atoms with E-state index in [1.165, 1.54) is 11.3 Å². The van der Waals surface area contributed by atoms with E-state index in [1.807, 2.05) is 42.6 Å². The fourth-order valence-electron chi connectivity index (χ4n) is 1.64. The van der Waals surface area contributed by atoms with Gasteiger partial charge in [-0.15, -0.1) is 11.3 Å². The number of anilines is 1. The molecule has 5 heteroatoms. The summed E-state index contributed by atoms with van der Waals surface area (Å²) in [5.74, 6) is 0.526. The van der Waals surface area contributed by atoms with E-state index in [4.69, 9.17) is 9.47 Å². The Balaban J connectivity index is 1.98. The van der Waals surface area contributed by atoms with Crippen LogP contribution in [0.25, 0.3) is 0 Å². The Morgan fingerprint density at radius 3 is 2.80 bits per heavy atom. The topological polar surface area (TPSA) is 47.6 Å². The molecule has 0 fully saturated rings. The van der Waals surface area contributed by atoms with Crippen molar-refractivity contribution in [2.24, 2.45) is 0 Å². The molecule has 0 spiro atoms. The van der Waals surface area contributed by atoms with E-state index in [2.05, 4.69) is 5.32 Å². The zero-order valence-corrected chi connectivity index (χ0v) is 12.1. The molecule has 1 N–H and O–H groups in total. The molecule has 1 heterocycles. The minimum absolute atomic E-state index is 0.124. The van der Waals surface area contributed by atoms with Gasteiger partial charge in [-0.05, 0) is 30.5 Å². The maximum atomic E-state index is 12.0. The van der Waals surface area contributed by atoms with Crippen LogP contribution in [0.4, 0.5) is 5.69 Å². The monoisotopic (exact) mass is 291 g/mol. The van der Waals surface area contributed by atoms with Crippen LogP contribution in [0.5, 0.6) is 5.75 Å². The van der Waals surface area contributed by atoms with Crippen LogP contribution in [-0.2, 0) is 4.74 Å². The largest absolute Gasteiger partial charge is 0.489 e. The number of hydrogen-bond donors (Lipinski definition) is 1. The number of nitrogens with one attached hydrogen (secondary N) is 1. The summed E-state index contributed by atoms with van der Waals surface area (Å²) in [6.45, 7) is 3.60. The molecular weight excluding hydrogens is 274 g/mol. The van der Waals surface area contributed by atoms with Gasteiger partial charge in [0.25, 0.3) is 5.91 Å². The average molecular weight is 291 g/mol. The van der Waals surface area contributed by atoms with Gasteiger partial charge in [-0.3, -0.25) is 4.79 Å². The van der Waals surface area contributed by atoms with Crippen LogP contribution in [0, 0.1) is 0 Å². The molecule has 4 nitrogen and oxygen atoms in total. The highest BCUT2D eigenvalue weighted by Gasteiger charge is 2.10. The van der Waals surface area contributed by atoms with E-state index >= 15 is 0 Å². The molecule has 0 unspecified atom stereocenters. The lowest BCUT2D eigenvalue weighted by Gasteiger charge is -2.12. The number of amides is 1. The molecular formula is C15H17NO3S. The summed E-state index contributed by atoms with van der Waals surface area (Å²) in [5, 5.41) is 4.73. The molecule has 0 bridgehead atoms. The Hall–Kier alpha value is -1.85. The van der Waals surface area contributed by atoms with E-state index in [-0.39, 0.29) is 5.91 Å². The first-order valence-electron chi connectivity index (χ1n) is 6.45. The van der Waals surface area contributed by atoms with Crippen molar-refractivity contribution in [1.29, 1.82) is 0 Å². The quantitative estimate of drug-likeness (QED) is 0.795. The summed E-state index contributed by atoms with van der Waals surface area (Å²) < 4.78 is 10.8. The normalized spacial score (nSPS) is 10.2. The van der Waals surface area contributed by atoms with Gasteiger partial charge in [-0.2, -0.15) is 0 Å². The van der Waals surface area contributed by atoms with E-state index in [9.17, 15) is 4.79 Å². The molecule has 0 radical (unpaired) electrons. The highest BCUT2D eigenvalue weighted by Crippen LogP contribution is 2.24. The van der Waals surface area contributed by atoms with Crippen molar-refractivity contribution in [2.75, 3.05) is 25.1 Å². The van der Waals surface area contributed by atoms with Crippen molar-refractivity contribution in [3.63, 3.8) is 0 Å². The van der Waals surface area contributed by atoms with Crippen LogP contribution >= 0.6 is 11.3 Å². The van der Waals surface area contributed by atoms with Gasteiger partial charge < -0.3 is 14.8 Å². The predicted molar refractivity (Wildman–Crippen MR) is 80.7 cm³/mol. The van der Waals surface area contributed by atoms with E-state index in [0.717, 1.165) is 0 Å². The lowest BCUT2D eigenvalue weighted by Crippen LogP contribution is -2.12. The number of carbonyl (C=O) groups is 1. The van der Waals surface area contributed by atoms with Crippen molar-refractivity contribution in [3.05, 3.63) is 46.7 Å². The van der Waals surface area contributed by atoms with Crippen LogP contribution in [0.1, 0.15) is 16.6 Å². The number of hydrogen-bond acceptors (Lipinski definition) is 4. The minimum atomic E-state index is -0.124. The molecule has 0 saturated heterocycles. The molecule has 0 saturated carbocycles. The van der Waals surface area contributed by atoms with Crippen molar-refractivity contribution < 1.29 is 14.3 Å². The molecule has 0 aliphatic rings. The summed E-state index contributed by atoms with van der Waals surface area (Å²) in [5.41, 5.74) is 0.669. The van der Waals surface area contributed by atoms with E-state index in [1.54, 1.807) is 6.07 Å². The maximum absolute atomic E-state index is 12.0. The van der Waals surface area contributed by atoms with Crippen LogP contribution in [0.15, 0.2) is 41.8 Å². The summed E-state index contributed by atoms with van der Waals surface area (Å²) in [7, 11) is 0. The van der Waals surface area contributed by atoms with Crippen molar-refractivity contribution in [2.45, 2.75) is 6.92 Å². The molecule has 0 atom stereocenters. The Morgan fingerprint density at radius 2 is 2.05 bits per heavy atom. The molecule has 1 amide bonds. The van der Waals surface area contributed by atoms with Gasteiger partial charge in [0.05, 0.1) is 17.2 Å². The van der Waals surface area contributed by atoms with Gasteiger partial charge in [0.1, 0.15) is 12.4 Å². The summed E-state index contributed by atoms with van der Waals surface area (Å²) in [4.78, 5) is 12.7. The van der Waals surface area contributed by atoms with Crippen molar-refractivity contribution in [3.8, 4) is 5.75 Å². The molecule has 1 aromatic carbocycles. The lowest BCUT2D eigenvalue weighted by molar-refractivity contribution is 0.102. The molecule has 0 aliphatic heterocycles. The lowest BCUT2D eigenvalue weighted by atomic mass is 10.3. The van der Waals surface area contributed by atoms with Gasteiger partial charge >= 0.3 is 0 Å². The van der Waals surface area contributed by atoms with Gasteiger partial charge in [-0.1, -0.05) is 18.2 Å². The van der Waals surface area contributed by atoms with Crippen molar-refractivity contribution >= 4 is 22.9 Å². The molecule has 0 aliphatic carbocycles. The van der Waals surface area contributed by atoms with Gasteiger partial charge in [-0.25, -0.2) is 0 Å². The number of rotatable bonds is 7. The zero-order valence-electron chi connectivity index (χ0n) is 11.3. The fourth-order valence-corrected chi connectivity index (χ4v) is 2.26. The van der Waals surface area contributed by atoms with E-state index < -0.39 is 0 Å². The first kappa shape index (κ1) is 14.6. The second-order valence-corrected chi connectivity index (χ2v) is 4.92. The maximum Gasteiger partial charge on any atom is 0.265 e. The number of thiophene rings is 1. The number of benzene rings is 1. The van der Waals surface area contributed by atoms with Crippen molar-refractivity contribution in [1.82, 2.24) is 0 Å². The Bertz CT molecular complexity index is 540.